The zero-order chi connectivity index (χ0) is 33.0. The molecule has 6 N–H and O–H groups in total. The minimum atomic E-state index is 0.818. The van der Waals surface area contributed by atoms with E-state index in [1.807, 2.05) is 12.1 Å². The van der Waals surface area contributed by atoms with Gasteiger partial charge in [-0.3, -0.25) is 9.98 Å². The van der Waals surface area contributed by atoms with Gasteiger partial charge in [0.1, 0.15) is 35.0 Å². The smallest absolute Gasteiger partial charge is 0.138 e. The number of rotatable bonds is 9. The molecule has 4 aromatic heterocycles. The second kappa shape index (κ2) is 11.7. The van der Waals surface area contributed by atoms with Crippen LogP contribution in [0.1, 0.15) is 35.6 Å². The summed E-state index contributed by atoms with van der Waals surface area (Å²) in [5.74, 6) is 5.57. The maximum Gasteiger partial charge on any atom is 0.138 e. The largest absolute Gasteiger partial charge is 0.368 e. The van der Waals surface area contributed by atoms with Crippen molar-refractivity contribution in [2.75, 3.05) is 26.2 Å². The summed E-state index contributed by atoms with van der Waals surface area (Å²) in [5, 5.41) is 6.68. The van der Waals surface area contributed by atoms with Crippen LogP contribution < -0.4 is 10.6 Å². The Balaban J connectivity index is 0.789. The first-order valence-corrected chi connectivity index (χ1v) is 17.2. The van der Waals surface area contributed by atoms with Crippen molar-refractivity contribution in [2.45, 2.75) is 25.7 Å². The molecule has 0 aliphatic carbocycles. The summed E-state index contributed by atoms with van der Waals surface area (Å²) < 4.78 is 0. The van der Waals surface area contributed by atoms with Gasteiger partial charge in [-0.1, -0.05) is 0 Å². The maximum atomic E-state index is 4.86. The molecule has 12 nitrogen and oxygen atoms in total. The van der Waals surface area contributed by atoms with Crippen LogP contribution in [-0.2, 0) is 12.8 Å². The number of imidazole rings is 4. The van der Waals surface area contributed by atoms with Gasteiger partial charge in [0.2, 0.25) is 0 Å². The van der Waals surface area contributed by atoms with Crippen LogP contribution in [0.15, 0.2) is 82.8 Å². The number of H-pyrrole nitrogens is 4. The average molecular weight is 659 g/mol. The second-order valence-corrected chi connectivity index (χ2v) is 13.0. The minimum absolute atomic E-state index is 0.818. The Labute approximate surface area is 286 Å². The van der Waals surface area contributed by atoms with E-state index in [0.29, 0.717) is 0 Å². The zero-order valence-corrected chi connectivity index (χ0v) is 27.3. The average Bonchev–Trinajstić information content (AvgIpc) is 3.99. The number of amidine groups is 2. The molecule has 0 amide bonds. The van der Waals surface area contributed by atoms with Gasteiger partial charge in [0.05, 0.1) is 57.2 Å². The Kier molecular flexibility index (Phi) is 6.71. The summed E-state index contributed by atoms with van der Waals surface area (Å²) in [6.07, 6.45) is 3.75. The number of nitrogens with one attached hydrogen (secondary N) is 6. The molecule has 0 bridgehead atoms. The molecule has 10 rings (SSSR count). The van der Waals surface area contributed by atoms with E-state index < -0.39 is 0 Å². The summed E-state index contributed by atoms with van der Waals surface area (Å²) in [6.45, 7) is 3.41. The van der Waals surface area contributed by atoms with Crippen molar-refractivity contribution in [3.05, 3.63) is 95.6 Å². The number of fused-ring (bicyclic) bond motifs is 4. The molecule has 50 heavy (non-hydrogen) atoms. The predicted octanol–water partition coefficient (Wildman–Crippen LogP) is 5.79. The minimum Gasteiger partial charge on any atom is -0.368 e. The van der Waals surface area contributed by atoms with Gasteiger partial charge < -0.3 is 30.6 Å². The van der Waals surface area contributed by atoms with E-state index >= 15 is 0 Å². The van der Waals surface area contributed by atoms with E-state index in [2.05, 4.69) is 101 Å². The molecule has 0 radical (unpaired) electrons. The molecular formula is C38H34N12. The molecule has 2 aliphatic heterocycles. The van der Waals surface area contributed by atoms with Gasteiger partial charge in [0.25, 0.3) is 0 Å². The normalized spacial score (nSPS) is 14.6. The summed E-state index contributed by atoms with van der Waals surface area (Å²) in [6, 6.07) is 25.0. The molecule has 8 aromatic rings. The van der Waals surface area contributed by atoms with Crippen molar-refractivity contribution in [2.24, 2.45) is 9.98 Å². The third-order valence-electron chi connectivity index (χ3n) is 9.54. The molecule has 246 valence electrons. The topological polar surface area (TPSA) is 163 Å². The van der Waals surface area contributed by atoms with Gasteiger partial charge in [-0.15, -0.1) is 0 Å². The Morgan fingerprint density at radius 2 is 0.840 bits per heavy atom. The number of unbranched alkanes of at least 4 members (excludes halogenated alkanes) is 1. The van der Waals surface area contributed by atoms with E-state index in [-0.39, 0.29) is 0 Å². The zero-order valence-electron chi connectivity index (χ0n) is 27.3. The molecular weight excluding hydrogens is 625 g/mol. The highest BCUT2D eigenvalue weighted by atomic mass is 15.1. The van der Waals surface area contributed by atoms with E-state index in [1.165, 1.54) is 0 Å². The van der Waals surface area contributed by atoms with Gasteiger partial charge >= 0.3 is 0 Å². The van der Waals surface area contributed by atoms with Crippen LogP contribution in [0, 0.1) is 0 Å². The lowest BCUT2D eigenvalue weighted by molar-refractivity contribution is 0.698. The number of aromatic amines is 4. The Hall–Kier alpha value is -6.30. The Morgan fingerprint density at radius 3 is 1.28 bits per heavy atom. The lowest BCUT2D eigenvalue weighted by Gasteiger charge is -2.01. The number of benzene rings is 4. The van der Waals surface area contributed by atoms with Crippen molar-refractivity contribution in [3.8, 4) is 22.8 Å². The number of aromatic nitrogens is 8. The highest BCUT2D eigenvalue weighted by Crippen LogP contribution is 2.27. The van der Waals surface area contributed by atoms with Crippen LogP contribution in [0.25, 0.3) is 66.9 Å². The molecule has 0 unspecified atom stereocenters. The van der Waals surface area contributed by atoms with Crippen LogP contribution in [0.5, 0.6) is 0 Å². The monoisotopic (exact) mass is 658 g/mol. The summed E-state index contributed by atoms with van der Waals surface area (Å²) in [7, 11) is 0. The van der Waals surface area contributed by atoms with Gasteiger partial charge in [0, 0.05) is 48.2 Å². The lowest BCUT2D eigenvalue weighted by atomic mass is 10.2. The number of hydrogen-bond acceptors (Lipinski definition) is 8. The SMILES string of the molecule is c1cc2nc(-c3ccc4nc(CCCCc5nc6ccc(-c7nc8ccc(C9=NCCN9)cc8[nH]7)cc6[nH]5)[nH]c4c3)[nH]c2cc1C1=NCCN1. The second-order valence-electron chi connectivity index (χ2n) is 13.0. The van der Waals surface area contributed by atoms with Crippen molar-refractivity contribution in [1.82, 2.24) is 50.5 Å². The highest BCUT2D eigenvalue weighted by molar-refractivity contribution is 6.03. The first-order valence-electron chi connectivity index (χ1n) is 17.2. The van der Waals surface area contributed by atoms with Crippen LogP contribution in [0.3, 0.4) is 0 Å². The van der Waals surface area contributed by atoms with E-state index in [4.69, 9.17) is 19.9 Å². The van der Waals surface area contributed by atoms with Gasteiger partial charge in [-0.25, -0.2) is 19.9 Å². The number of nitrogens with zero attached hydrogens (tertiary/aromatic N) is 6. The molecule has 0 atom stereocenters. The summed E-state index contributed by atoms with van der Waals surface area (Å²) in [4.78, 5) is 42.5. The van der Waals surface area contributed by atoms with Gasteiger partial charge in [0.15, 0.2) is 0 Å². The molecule has 0 fully saturated rings. The van der Waals surface area contributed by atoms with Crippen LogP contribution in [0.4, 0.5) is 0 Å². The molecule has 4 aromatic carbocycles. The fraction of sp³-hybridized carbons (Fsp3) is 0.211. The quantitative estimate of drug-likeness (QED) is 0.108. The first kappa shape index (κ1) is 28.7. The number of aryl methyl sites for hydroxylation is 2. The first-order chi connectivity index (χ1) is 24.7. The van der Waals surface area contributed by atoms with Gasteiger partial charge in [-0.05, 0) is 85.6 Å². The third-order valence-corrected chi connectivity index (χ3v) is 9.54. The lowest BCUT2D eigenvalue weighted by Crippen LogP contribution is -2.19. The summed E-state index contributed by atoms with van der Waals surface area (Å²) >= 11 is 0. The summed E-state index contributed by atoms with van der Waals surface area (Å²) in [5.41, 5.74) is 12.0. The van der Waals surface area contributed by atoms with E-state index in [0.717, 1.165) is 153 Å². The molecule has 6 heterocycles. The van der Waals surface area contributed by atoms with Gasteiger partial charge in [-0.2, -0.15) is 0 Å². The molecule has 0 saturated heterocycles. The van der Waals surface area contributed by atoms with Crippen LogP contribution in [-0.4, -0.2) is 77.7 Å². The van der Waals surface area contributed by atoms with Crippen molar-refractivity contribution >= 4 is 55.8 Å². The fourth-order valence-electron chi connectivity index (χ4n) is 7.01. The fourth-order valence-corrected chi connectivity index (χ4v) is 7.01. The van der Waals surface area contributed by atoms with E-state index in [1.54, 1.807) is 0 Å². The molecule has 2 aliphatic rings. The van der Waals surface area contributed by atoms with Crippen molar-refractivity contribution < 1.29 is 0 Å². The van der Waals surface area contributed by atoms with Crippen molar-refractivity contribution in [1.29, 1.82) is 0 Å². The number of hydrogen-bond donors (Lipinski definition) is 6. The highest BCUT2D eigenvalue weighted by Gasteiger charge is 2.14. The maximum absolute atomic E-state index is 4.86. The van der Waals surface area contributed by atoms with Crippen LogP contribution >= 0.6 is 0 Å². The Morgan fingerprint density at radius 1 is 0.440 bits per heavy atom. The number of aliphatic imine (C=N–C) groups is 2. The predicted molar refractivity (Wildman–Crippen MR) is 198 cm³/mol. The Bertz CT molecular complexity index is 2450. The van der Waals surface area contributed by atoms with Crippen LogP contribution in [0.2, 0.25) is 0 Å². The molecule has 12 heteroatoms. The van der Waals surface area contributed by atoms with Crippen molar-refractivity contribution in [3.63, 3.8) is 0 Å². The van der Waals surface area contributed by atoms with E-state index in [9.17, 15) is 0 Å². The third kappa shape index (κ3) is 5.25. The standard InChI is InChI=1S/C38H34N12/c1(3-33-43-25-9-7-23(19-29(25)45-33)37-47-27-11-5-21(17-31(27)49-37)35-39-13-14-40-35)2-4-34-44-26-10-8-24(20-30(26)46-34)38-48-28-12-6-22(18-32(28)50-38)36-41-15-16-42-36/h5-12,17-20H,1-4,13-16H2,(H,39,40)(H,41,42)(H,43,45)(H,44,46)(H,47,49)(H,48,50). The molecule has 0 spiro atoms. The molecule has 0 saturated carbocycles.